The van der Waals surface area contributed by atoms with Gasteiger partial charge in [-0.2, -0.15) is 0 Å². The van der Waals surface area contributed by atoms with Gasteiger partial charge in [-0.3, -0.25) is 4.79 Å². The van der Waals surface area contributed by atoms with E-state index in [1.54, 1.807) is 6.07 Å². The molecule has 1 unspecified atom stereocenters. The quantitative estimate of drug-likeness (QED) is 0.732. The van der Waals surface area contributed by atoms with Crippen LogP contribution in [0.5, 0.6) is 11.5 Å². The molecule has 6 heteroatoms. The molecule has 1 aliphatic rings. The highest BCUT2D eigenvalue weighted by molar-refractivity contribution is 6.30. The van der Waals surface area contributed by atoms with Gasteiger partial charge in [-0.1, -0.05) is 41.9 Å². The normalized spacial score (nSPS) is 15.8. The third-order valence-corrected chi connectivity index (χ3v) is 4.18. The number of hydrogen-bond donors (Lipinski definition) is 1. The topological polar surface area (TPSA) is 60.5 Å². The Morgan fingerprint density at radius 3 is 2.80 bits per heavy atom. The van der Waals surface area contributed by atoms with Crippen LogP contribution >= 0.6 is 11.6 Å². The standard InChI is InChI=1S/C19H15ClN2O3/c20-18-9-14(13-5-1-2-6-15(13)22-18)19(23)21-10-12-11-24-16-7-3-4-8-17(16)25-12/h1-9,12H,10-11H2,(H,21,23). The minimum atomic E-state index is -0.248. The molecule has 1 aromatic heterocycles. The zero-order chi connectivity index (χ0) is 17.2. The molecular weight excluding hydrogens is 340 g/mol. The number of pyridine rings is 1. The van der Waals surface area contributed by atoms with Crippen LogP contribution in [0.15, 0.2) is 54.6 Å². The summed E-state index contributed by atoms with van der Waals surface area (Å²) in [6, 6.07) is 16.5. The summed E-state index contributed by atoms with van der Waals surface area (Å²) >= 11 is 6.04. The Morgan fingerprint density at radius 1 is 1.16 bits per heavy atom. The van der Waals surface area contributed by atoms with Gasteiger partial charge in [-0.25, -0.2) is 4.98 Å². The van der Waals surface area contributed by atoms with Crippen molar-refractivity contribution in [3.8, 4) is 11.5 Å². The number of rotatable bonds is 3. The SMILES string of the molecule is O=C(NCC1COc2ccccc2O1)c1cc(Cl)nc2ccccc12. The summed E-state index contributed by atoms with van der Waals surface area (Å²) in [6.45, 7) is 0.719. The van der Waals surface area contributed by atoms with Crippen LogP contribution in [0.25, 0.3) is 10.9 Å². The van der Waals surface area contributed by atoms with Crippen LogP contribution in [0.1, 0.15) is 10.4 Å². The second-order valence-electron chi connectivity index (χ2n) is 5.72. The second kappa shape index (κ2) is 6.61. The van der Waals surface area contributed by atoms with Crippen LogP contribution in [-0.2, 0) is 0 Å². The Morgan fingerprint density at radius 2 is 1.92 bits per heavy atom. The summed E-state index contributed by atoms with van der Waals surface area (Å²) < 4.78 is 11.5. The van der Waals surface area contributed by atoms with Gasteiger partial charge in [-0.05, 0) is 24.3 Å². The lowest BCUT2D eigenvalue weighted by Crippen LogP contribution is -2.40. The van der Waals surface area contributed by atoms with Crippen LogP contribution in [-0.4, -0.2) is 30.1 Å². The minimum Gasteiger partial charge on any atom is -0.486 e. The summed E-state index contributed by atoms with van der Waals surface area (Å²) in [7, 11) is 0. The largest absolute Gasteiger partial charge is 0.486 e. The molecule has 0 saturated carbocycles. The fourth-order valence-electron chi connectivity index (χ4n) is 2.80. The molecule has 1 N–H and O–H groups in total. The Kier molecular flexibility index (Phi) is 4.15. The monoisotopic (exact) mass is 354 g/mol. The molecule has 4 rings (SSSR count). The van der Waals surface area contributed by atoms with Gasteiger partial charge in [0.2, 0.25) is 0 Å². The van der Waals surface area contributed by atoms with Gasteiger partial charge in [0.15, 0.2) is 11.5 Å². The van der Waals surface area contributed by atoms with Crippen molar-refractivity contribution in [2.45, 2.75) is 6.10 Å². The molecule has 0 radical (unpaired) electrons. The zero-order valence-electron chi connectivity index (χ0n) is 13.2. The van der Waals surface area contributed by atoms with Crippen LogP contribution in [0.2, 0.25) is 5.15 Å². The van der Waals surface area contributed by atoms with E-state index >= 15 is 0 Å². The highest BCUT2D eigenvalue weighted by Crippen LogP contribution is 2.30. The maximum absolute atomic E-state index is 12.6. The van der Waals surface area contributed by atoms with Gasteiger partial charge in [0.25, 0.3) is 5.91 Å². The van der Waals surface area contributed by atoms with Gasteiger partial charge in [-0.15, -0.1) is 0 Å². The molecule has 0 aliphatic carbocycles. The molecule has 0 bridgehead atoms. The van der Waals surface area contributed by atoms with Gasteiger partial charge in [0, 0.05) is 5.39 Å². The predicted octanol–water partition coefficient (Wildman–Crippen LogP) is 3.46. The summed E-state index contributed by atoms with van der Waals surface area (Å²) in [5, 5.41) is 3.94. The Balaban J connectivity index is 1.48. The van der Waals surface area contributed by atoms with Crippen molar-refractivity contribution < 1.29 is 14.3 Å². The molecular formula is C19H15ClN2O3. The number of fused-ring (bicyclic) bond motifs is 2. The molecule has 0 saturated heterocycles. The van der Waals surface area contributed by atoms with Gasteiger partial charge in [0.1, 0.15) is 17.9 Å². The Bertz CT molecular complexity index is 945. The Hall–Kier alpha value is -2.79. The number of nitrogens with one attached hydrogen (secondary N) is 1. The molecule has 25 heavy (non-hydrogen) atoms. The van der Waals surface area contributed by atoms with E-state index in [2.05, 4.69) is 10.3 Å². The number of benzene rings is 2. The van der Waals surface area contributed by atoms with Crippen LogP contribution in [0.3, 0.4) is 0 Å². The molecule has 0 spiro atoms. The van der Waals surface area contributed by atoms with Crippen molar-refractivity contribution in [1.29, 1.82) is 0 Å². The van der Waals surface area contributed by atoms with E-state index in [0.717, 1.165) is 11.1 Å². The maximum Gasteiger partial charge on any atom is 0.252 e. The van der Waals surface area contributed by atoms with Crippen LogP contribution < -0.4 is 14.8 Å². The van der Waals surface area contributed by atoms with E-state index < -0.39 is 0 Å². The lowest BCUT2D eigenvalue weighted by Gasteiger charge is -2.26. The summed E-state index contributed by atoms with van der Waals surface area (Å²) in [5.74, 6) is 1.19. The highest BCUT2D eigenvalue weighted by atomic mass is 35.5. The number of para-hydroxylation sites is 3. The fourth-order valence-corrected chi connectivity index (χ4v) is 3.00. The first-order valence-electron chi connectivity index (χ1n) is 7.93. The zero-order valence-corrected chi connectivity index (χ0v) is 14.0. The van der Waals surface area contributed by atoms with Crippen molar-refractivity contribution in [1.82, 2.24) is 10.3 Å². The van der Waals surface area contributed by atoms with Gasteiger partial charge >= 0.3 is 0 Å². The molecule has 2 aromatic carbocycles. The average molecular weight is 355 g/mol. The van der Waals surface area contributed by atoms with Crippen molar-refractivity contribution in [3.63, 3.8) is 0 Å². The first kappa shape index (κ1) is 15.7. The summed E-state index contributed by atoms with van der Waals surface area (Å²) in [5.41, 5.74) is 1.18. The first-order chi connectivity index (χ1) is 12.2. The lowest BCUT2D eigenvalue weighted by atomic mass is 10.1. The predicted molar refractivity (Wildman–Crippen MR) is 95.4 cm³/mol. The number of aromatic nitrogens is 1. The number of carbonyl (C=O) groups excluding carboxylic acids is 1. The van der Waals surface area contributed by atoms with Crippen LogP contribution in [0, 0.1) is 0 Å². The number of ether oxygens (including phenoxy) is 2. The molecule has 126 valence electrons. The number of hydrogen-bond acceptors (Lipinski definition) is 4. The number of carbonyl (C=O) groups is 1. The molecule has 1 atom stereocenters. The van der Waals surface area contributed by atoms with Crippen LogP contribution in [0.4, 0.5) is 0 Å². The van der Waals surface area contributed by atoms with E-state index in [0.29, 0.717) is 30.0 Å². The summed E-state index contributed by atoms with van der Waals surface area (Å²) in [4.78, 5) is 16.8. The average Bonchev–Trinajstić information content (AvgIpc) is 2.65. The first-order valence-corrected chi connectivity index (χ1v) is 8.30. The molecule has 0 fully saturated rings. The second-order valence-corrected chi connectivity index (χ2v) is 6.10. The van der Waals surface area contributed by atoms with Crippen molar-refractivity contribution in [2.75, 3.05) is 13.2 Å². The maximum atomic E-state index is 12.6. The molecule has 1 amide bonds. The van der Waals surface area contributed by atoms with Gasteiger partial charge < -0.3 is 14.8 Å². The minimum absolute atomic E-state index is 0.219. The Labute approximate surface area is 149 Å². The van der Waals surface area contributed by atoms with E-state index in [9.17, 15) is 4.79 Å². The van der Waals surface area contributed by atoms with E-state index in [1.165, 1.54) is 0 Å². The van der Waals surface area contributed by atoms with E-state index in [4.69, 9.17) is 21.1 Å². The molecule has 5 nitrogen and oxygen atoms in total. The van der Waals surface area contributed by atoms with Gasteiger partial charge in [0.05, 0.1) is 17.6 Å². The van der Waals surface area contributed by atoms with E-state index in [-0.39, 0.29) is 17.2 Å². The van der Waals surface area contributed by atoms with Crippen molar-refractivity contribution >= 4 is 28.4 Å². The number of halogens is 1. The molecule has 1 aliphatic heterocycles. The third-order valence-electron chi connectivity index (χ3n) is 3.99. The molecule has 3 aromatic rings. The van der Waals surface area contributed by atoms with Crippen molar-refractivity contribution in [2.24, 2.45) is 0 Å². The number of amides is 1. The van der Waals surface area contributed by atoms with Crippen molar-refractivity contribution in [3.05, 3.63) is 65.3 Å². The summed E-state index contributed by atoms with van der Waals surface area (Å²) in [6.07, 6.45) is -0.248. The fraction of sp³-hybridized carbons (Fsp3) is 0.158. The molecule has 2 heterocycles. The number of nitrogens with zero attached hydrogens (tertiary/aromatic N) is 1. The smallest absolute Gasteiger partial charge is 0.252 e. The van der Waals surface area contributed by atoms with E-state index in [1.807, 2.05) is 48.5 Å². The third kappa shape index (κ3) is 3.23. The lowest BCUT2D eigenvalue weighted by molar-refractivity contribution is 0.0790. The highest BCUT2D eigenvalue weighted by Gasteiger charge is 2.22.